The Morgan fingerprint density at radius 3 is 2.29 bits per heavy atom. The minimum atomic E-state index is -4.76. The third-order valence-corrected chi connectivity index (χ3v) is 1.68. The number of hydrogen-bond donors (Lipinski definition) is 3. The fourth-order valence-electron chi connectivity index (χ4n) is 0.987. The molecule has 0 radical (unpaired) electrons. The summed E-state index contributed by atoms with van der Waals surface area (Å²) in [5.74, 6) is -0.249. The Morgan fingerprint density at radius 1 is 1.29 bits per heavy atom. The van der Waals surface area contributed by atoms with E-state index in [9.17, 15) is 13.2 Å². The molecule has 0 heterocycles. The van der Waals surface area contributed by atoms with E-state index in [1.54, 1.807) is 0 Å². The highest BCUT2D eigenvalue weighted by Gasteiger charge is 2.40. The number of anilines is 1. The van der Waals surface area contributed by atoms with Crippen molar-refractivity contribution in [3.05, 3.63) is 23.8 Å². The van der Waals surface area contributed by atoms with Crippen LogP contribution in [-0.4, -0.2) is 16.4 Å². The van der Waals surface area contributed by atoms with Crippen LogP contribution in [0.2, 0.25) is 0 Å². The number of aliphatic hydroxyl groups excluding tert-OH is 1. The summed E-state index contributed by atoms with van der Waals surface area (Å²) < 4.78 is 36.1. The van der Waals surface area contributed by atoms with Crippen LogP contribution >= 0.6 is 0 Å². The summed E-state index contributed by atoms with van der Waals surface area (Å²) in [6.07, 6.45) is -7.38. The van der Waals surface area contributed by atoms with Gasteiger partial charge in [0.1, 0.15) is 5.75 Å². The van der Waals surface area contributed by atoms with E-state index < -0.39 is 17.8 Å². The molecule has 0 bridgehead atoms. The Bertz CT molecular complexity index is 338. The third-order valence-electron chi connectivity index (χ3n) is 1.68. The zero-order chi connectivity index (χ0) is 10.9. The molecule has 0 aliphatic heterocycles. The lowest BCUT2D eigenvalue weighted by molar-refractivity contribution is -0.206. The summed E-state index contributed by atoms with van der Waals surface area (Å²) >= 11 is 0. The SMILES string of the molecule is Nc1cc(O)ccc1C(O)C(F)(F)F. The lowest BCUT2D eigenvalue weighted by Crippen LogP contribution is -2.21. The molecular formula is C8H8F3NO2. The molecule has 78 valence electrons. The van der Waals surface area contributed by atoms with Crippen molar-refractivity contribution in [1.82, 2.24) is 0 Å². The molecule has 0 aliphatic rings. The maximum atomic E-state index is 12.0. The fraction of sp³-hybridized carbons (Fsp3) is 0.250. The van der Waals surface area contributed by atoms with E-state index in [4.69, 9.17) is 15.9 Å². The Morgan fingerprint density at radius 2 is 1.86 bits per heavy atom. The molecule has 1 unspecified atom stereocenters. The summed E-state index contributed by atoms with van der Waals surface area (Å²) in [5, 5.41) is 17.7. The van der Waals surface area contributed by atoms with Crippen LogP contribution in [0.3, 0.4) is 0 Å². The summed E-state index contributed by atoms with van der Waals surface area (Å²) in [4.78, 5) is 0. The number of hydrogen-bond acceptors (Lipinski definition) is 3. The maximum Gasteiger partial charge on any atom is 0.418 e. The number of nitrogens with two attached hydrogens (primary N) is 1. The first-order valence-electron chi connectivity index (χ1n) is 3.65. The number of aromatic hydroxyl groups is 1. The summed E-state index contributed by atoms with van der Waals surface area (Å²) in [6.45, 7) is 0. The van der Waals surface area contributed by atoms with Gasteiger partial charge in [-0.25, -0.2) is 0 Å². The van der Waals surface area contributed by atoms with Gasteiger partial charge >= 0.3 is 6.18 Å². The smallest absolute Gasteiger partial charge is 0.418 e. The summed E-state index contributed by atoms with van der Waals surface area (Å²) in [7, 11) is 0. The molecule has 0 fully saturated rings. The molecule has 0 aromatic heterocycles. The van der Waals surface area contributed by atoms with Gasteiger partial charge in [-0.2, -0.15) is 13.2 Å². The second-order valence-corrected chi connectivity index (χ2v) is 2.76. The lowest BCUT2D eigenvalue weighted by atomic mass is 10.1. The Labute approximate surface area is 77.6 Å². The lowest BCUT2D eigenvalue weighted by Gasteiger charge is -2.16. The molecule has 1 atom stereocenters. The normalized spacial score (nSPS) is 14.0. The van der Waals surface area contributed by atoms with Crippen molar-refractivity contribution < 1.29 is 23.4 Å². The predicted molar refractivity (Wildman–Crippen MR) is 43.5 cm³/mol. The van der Waals surface area contributed by atoms with Gasteiger partial charge in [0.25, 0.3) is 0 Å². The van der Waals surface area contributed by atoms with Crippen molar-refractivity contribution in [1.29, 1.82) is 0 Å². The zero-order valence-electron chi connectivity index (χ0n) is 6.92. The van der Waals surface area contributed by atoms with Crippen LogP contribution in [0, 0.1) is 0 Å². The van der Waals surface area contributed by atoms with Gasteiger partial charge in [-0.15, -0.1) is 0 Å². The first-order valence-corrected chi connectivity index (χ1v) is 3.65. The van der Waals surface area contributed by atoms with Gasteiger partial charge in [0, 0.05) is 17.3 Å². The van der Waals surface area contributed by atoms with Gasteiger partial charge in [-0.1, -0.05) is 6.07 Å². The van der Waals surface area contributed by atoms with Gasteiger partial charge in [-0.05, 0) is 6.07 Å². The second-order valence-electron chi connectivity index (χ2n) is 2.76. The van der Waals surface area contributed by atoms with E-state index in [1.807, 2.05) is 0 Å². The van der Waals surface area contributed by atoms with Crippen molar-refractivity contribution >= 4 is 5.69 Å². The molecule has 4 N–H and O–H groups in total. The molecule has 0 amide bonds. The first-order chi connectivity index (χ1) is 6.32. The van der Waals surface area contributed by atoms with Crippen molar-refractivity contribution in [2.24, 2.45) is 0 Å². The van der Waals surface area contributed by atoms with Crippen molar-refractivity contribution in [3.63, 3.8) is 0 Å². The highest BCUT2D eigenvalue weighted by molar-refractivity contribution is 5.52. The number of halogens is 3. The molecule has 0 aliphatic carbocycles. The van der Waals surface area contributed by atoms with Crippen LogP contribution in [0.25, 0.3) is 0 Å². The minimum Gasteiger partial charge on any atom is -0.508 e. The zero-order valence-corrected chi connectivity index (χ0v) is 6.92. The van der Waals surface area contributed by atoms with E-state index in [0.717, 1.165) is 18.2 Å². The Hall–Kier alpha value is -1.43. The largest absolute Gasteiger partial charge is 0.508 e. The number of phenolic OH excluding ortho intramolecular Hbond substituents is 1. The molecule has 1 aromatic rings. The molecule has 3 nitrogen and oxygen atoms in total. The van der Waals surface area contributed by atoms with Crippen molar-refractivity contribution in [3.8, 4) is 5.75 Å². The molecule has 14 heavy (non-hydrogen) atoms. The van der Waals surface area contributed by atoms with Gasteiger partial charge in [-0.3, -0.25) is 0 Å². The van der Waals surface area contributed by atoms with Crippen LogP contribution in [0.15, 0.2) is 18.2 Å². The van der Waals surface area contributed by atoms with E-state index in [2.05, 4.69) is 0 Å². The van der Waals surface area contributed by atoms with Crippen LogP contribution in [0.1, 0.15) is 11.7 Å². The van der Waals surface area contributed by atoms with Crippen molar-refractivity contribution in [2.75, 3.05) is 5.73 Å². The average molecular weight is 207 g/mol. The van der Waals surface area contributed by atoms with Gasteiger partial charge < -0.3 is 15.9 Å². The quantitative estimate of drug-likeness (QED) is 0.612. The van der Waals surface area contributed by atoms with E-state index >= 15 is 0 Å². The molecule has 1 rings (SSSR count). The monoisotopic (exact) mass is 207 g/mol. The number of nitrogen functional groups attached to an aromatic ring is 1. The minimum absolute atomic E-state index is 0.249. The highest BCUT2D eigenvalue weighted by atomic mass is 19.4. The van der Waals surface area contributed by atoms with E-state index in [0.29, 0.717) is 0 Å². The molecule has 0 spiro atoms. The Kier molecular flexibility index (Phi) is 2.57. The maximum absolute atomic E-state index is 12.0. The van der Waals surface area contributed by atoms with Crippen LogP contribution in [-0.2, 0) is 0 Å². The van der Waals surface area contributed by atoms with E-state index in [-0.39, 0.29) is 11.4 Å². The van der Waals surface area contributed by atoms with E-state index in [1.165, 1.54) is 0 Å². The second kappa shape index (κ2) is 3.38. The van der Waals surface area contributed by atoms with Crippen LogP contribution < -0.4 is 5.73 Å². The molecule has 1 aromatic carbocycles. The number of rotatable bonds is 1. The average Bonchev–Trinajstić information content (AvgIpc) is 2.01. The number of alkyl halides is 3. The molecule has 6 heteroatoms. The van der Waals surface area contributed by atoms with Gasteiger partial charge in [0.15, 0.2) is 6.10 Å². The standard InChI is InChI=1S/C8H8F3NO2/c9-8(10,11)7(14)5-2-1-4(13)3-6(5)12/h1-3,7,13-14H,12H2. The number of benzene rings is 1. The summed E-state index contributed by atoms with van der Waals surface area (Å²) in [5.41, 5.74) is 4.44. The van der Waals surface area contributed by atoms with Gasteiger partial charge in [0.05, 0.1) is 0 Å². The fourth-order valence-corrected chi connectivity index (χ4v) is 0.987. The molecule has 0 saturated heterocycles. The Balaban J connectivity index is 3.08. The van der Waals surface area contributed by atoms with Gasteiger partial charge in [0.2, 0.25) is 0 Å². The first kappa shape index (κ1) is 10.6. The van der Waals surface area contributed by atoms with Crippen molar-refractivity contribution in [2.45, 2.75) is 12.3 Å². The molecular weight excluding hydrogens is 199 g/mol. The van der Waals surface area contributed by atoms with Crippen LogP contribution in [0.4, 0.5) is 18.9 Å². The molecule has 0 saturated carbocycles. The number of phenols is 1. The number of aliphatic hydroxyl groups is 1. The topological polar surface area (TPSA) is 66.5 Å². The highest BCUT2D eigenvalue weighted by Crippen LogP contribution is 2.35. The summed E-state index contributed by atoms with van der Waals surface area (Å²) in [6, 6.07) is 2.91. The predicted octanol–water partition coefficient (Wildman–Crippen LogP) is 1.57. The third kappa shape index (κ3) is 2.08. The van der Waals surface area contributed by atoms with Crippen LogP contribution in [0.5, 0.6) is 5.75 Å².